The highest BCUT2D eigenvalue weighted by atomic mass is 16.5. The maximum atomic E-state index is 12.1. The van der Waals surface area contributed by atoms with Gasteiger partial charge in [-0.25, -0.2) is 0 Å². The van der Waals surface area contributed by atoms with Crippen LogP contribution in [-0.4, -0.2) is 67.3 Å². The molecule has 6 heteroatoms. The molecule has 6 nitrogen and oxygen atoms in total. The van der Waals surface area contributed by atoms with Crippen molar-refractivity contribution in [3.63, 3.8) is 0 Å². The van der Waals surface area contributed by atoms with E-state index in [1.54, 1.807) is 19.6 Å². The predicted octanol–water partition coefficient (Wildman–Crippen LogP) is 1.52. The minimum atomic E-state index is -0.632. The van der Waals surface area contributed by atoms with Gasteiger partial charge in [0.15, 0.2) is 0 Å². The Kier molecular flexibility index (Phi) is 5.04. The van der Waals surface area contributed by atoms with Crippen molar-refractivity contribution < 1.29 is 19.1 Å². The van der Waals surface area contributed by atoms with Gasteiger partial charge in [-0.1, -0.05) is 0 Å². The monoisotopic (exact) mass is 322 g/mol. The van der Waals surface area contributed by atoms with Crippen LogP contribution >= 0.6 is 0 Å². The van der Waals surface area contributed by atoms with Crippen molar-refractivity contribution in [1.82, 2.24) is 9.80 Å². The summed E-state index contributed by atoms with van der Waals surface area (Å²) in [6, 6.07) is 1.98. The van der Waals surface area contributed by atoms with E-state index in [0.717, 1.165) is 51.1 Å². The highest BCUT2D eigenvalue weighted by Gasteiger charge is 2.53. The molecule has 2 saturated heterocycles. The molecule has 1 aromatic rings. The van der Waals surface area contributed by atoms with Crippen molar-refractivity contribution in [3.05, 3.63) is 24.2 Å². The van der Waals surface area contributed by atoms with E-state index in [9.17, 15) is 9.90 Å². The summed E-state index contributed by atoms with van der Waals surface area (Å²) in [6.45, 7) is 5.58. The Morgan fingerprint density at radius 2 is 2.30 bits per heavy atom. The molecule has 0 amide bonds. The minimum Gasteiger partial charge on any atom is -0.481 e. The van der Waals surface area contributed by atoms with E-state index in [1.165, 1.54) is 0 Å². The number of nitrogens with zero attached hydrogens (tertiary/aromatic N) is 2. The Bertz CT molecular complexity index is 519. The van der Waals surface area contributed by atoms with E-state index < -0.39 is 11.4 Å². The molecule has 3 heterocycles. The number of furan rings is 1. The molecular formula is C17H26N2O4. The number of fused-ring (bicyclic) bond motifs is 1. The molecule has 2 fully saturated rings. The second-order valence-corrected chi connectivity index (χ2v) is 6.86. The van der Waals surface area contributed by atoms with Crippen LogP contribution in [0.4, 0.5) is 0 Å². The zero-order valence-corrected chi connectivity index (χ0v) is 13.7. The lowest BCUT2D eigenvalue weighted by Gasteiger charge is -2.29. The minimum absolute atomic E-state index is 0.172. The van der Waals surface area contributed by atoms with Crippen LogP contribution in [0.1, 0.15) is 18.4 Å². The zero-order chi connectivity index (χ0) is 16.3. The molecule has 0 unspecified atom stereocenters. The predicted molar refractivity (Wildman–Crippen MR) is 85.1 cm³/mol. The Labute approximate surface area is 137 Å². The Morgan fingerprint density at radius 1 is 1.48 bits per heavy atom. The summed E-state index contributed by atoms with van der Waals surface area (Å²) >= 11 is 0. The van der Waals surface area contributed by atoms with Crippen LogP contribution in [0.15, 0.2) is 23.0 Å². The molecule has 0 spiro atoms. The molecule has 0 aromatic carbocycles. The average molecular weight is 322 g/mol. The van der Waals surface area contributed by atoms with Crippen molar-refractivity contribution in [2.24, 2.45) is 11.3 Å². The number of carbonyl (C=O) groups is 1. The molecule has 23 heavy (non-hydrogen) atoms. The van der Waals surface area contributed by atoms with Gasteiger partial charge in [0.2, 0.25) is 0 Å². The summed E-state index contributed by atoms with van der Waals surface area (Å²) in [5.41, 5.74) is 0.556. The second-order valence-electron chi connectivity index (χ2n) is 6.86. The number of ether oxygens (including phenoxy) is 1. The summed E-state index contributed by atoms with van der Waals surface area (Å²) < 4.78 is 10.3. The quantitative estimate of drug-likeness (QED) is 0.857. The molecule has 1 N–H and O–H groups in total. The summed E-state index contributed by atoms with van der Waals surface area (Å²) in [7, 11) is 1.69. The van der Waals surface area contributed by atoms with Gasteiger partial charge < -0.3 is 14.3 Å². The van der Waals surface area contributed by atoms with Crippen LogP contribution in [0.5, 0.6) is 0 Å². The fourth-order valence-corrected chi connectivity index (χ4v) is 4.14. The molecule has 0 aliphatic carbocycles. The van der Waals surface area contributed by atoms with Gasteiger partial charge in [0.05, 0.1) is 24.5 Å². The lowest BCUT2D eigenvalue weighted by molar-refractivity contribution is -0.151. The maximum Gasteiger partial charge on any atom is 0.311 e. The number of carboxylic acids is 1. The van der Waals surface area contributed by atoms with Crippen LogP contribution in [0, 0.1) is 11.3 Å². The van der Waals surface area contributed by atoms with Crippen LogP contribution in [0.25, 0.3) is 0 Å². The van der Waals surface area contributed by atoms with Crippen molar-refractivity contribution >= 4 is 5.97 Å². The molecular weight excluding hydrogens is 296 g/mol. The summed E-state index contributed by atoms with van der Waals surface area (Å²) in [5.74, 6) is -0.459. The first kappa shape index (κ1) is 16.5. The van der Waals surface area contributed by atoms with Gasteiger partial charge in [-0.05, 0) is 25.5 Å². The fourth-order valence-electron chi connectivity index (χ4n) is 4.14. The number of likely N-dealkylation sites (tertiary alicyclic amines) is 2. The highest BCUT2D eigenvalue weighted by Crippen LogP contribution is 2.43. The largest absolute Gasteiger partial charge is 0.481 e. The van der Waals surface area contributed by atoms with Gasteiger partial charge in [-0.15, -0.1) is 0 Å². The number of rotatable bonds is 6. The third-order valence-electron chi connectivity index (χ3n) is 5.37. The lowest BCUT2D eigenvalue weighted by atomic mass is 9.75. The maximum absolute atomic E-state index is 12.1. The van der Waals surface area contributed by atoms with E-state index in [1.807, 2.05) is 6.07 Å². The van der Waals surface area contributed by atoms with E-state index >= 15 is 0 Å². The van der Waals surface area contributed by atoms with Gasteiger partial charge in [0.25, 0.3) is 0 Å². The smallest absolute Gasteiger partial charge is 0.311 e. The Hall–Kier alpha value is -1.37. The molecule has 1 aromatic heterocycles. The standard InChI is InChI=1S/C17H26N2O4/c1-22-8-6-19-11-15-10-18(9-14-3-7-23-12-14)5-2-4-17(15,13-19)16(20)21/h3,7,12,15H,2,4-6,8-11,13H2,1H3,(H,20,21)/t15-,17-/m0/s1. The first-order valence-electron chi connectivity index (χ1n) is 8.32. The van der Waals surface area contributed by atoms with Crippen LogP contribution in [0.3, 0.4) is 0 Å². The number of aliphatic carboxylic acids is 1. The first-order chi connectivity index (χ1) is 11.1. The van der Waals surface area contributed by atoms with E-state index in [4.69, 9.17) is 9.15 Å². The number of hydrogen-bond donors (Lipinski definition) is 1. The van der Waals surface area contributed by atoms with Crippen molar-refractivity contribution in [2.75, 3.05) is 46.4 Å². The molecule has 2 aliphatic rings. The highest BCUT2D eigenvalue weighted by molar-refractivity contribution is 5.76. The van der Waals surface area contributed by atoms with Gasteiger partial charge in [0, 0.05) is 51.3 Å². The molecule has 0 radical (unpaired) electrons. The first-order valence-corrected chi connectivity index (χ1v) is 8.32. The SMILES string of the molecule is COCCN1C[C@@H]2CN(Cc3ccoc3)CCC[C@]2(C(=O)O)C1. The van der Waals surface area contributed by atoms with Gasteiger partial charge >= 0.3 is 5.97 Å². The second kappa shape index (κ2) is 7.03. The Morgan fingerprint density at radius 3 is 3.00 bits per heavy atom. The van der Waals surface area contributed by atoms with Crippen LogP contribution < -0.4 is 0 Å². The number of carboxylic acid groups (broad SMARTS) is 1. The van der Waals surface area contributed by atoms with E-state index in [2.05, 4.69) is 9.80 Å². The van der Waals surface area contributed by atoms with Gasteiger partial charge in [0.1, 0.15) is 0 Å². The van der Waals surface area contributed by atoms with Gasteiger partial charge in [-0.3, -0.25) is 14.6 Å². The van der Waals surface area contributed by atoms with Gasteiger partial charge in [-0.2, -0.15) is 0 Å². The number of hydrogen-bond acceptors (Lipinski definition) is 5. The molecule has 128 valence electrons. The normalized spacial score (nSPS) is 29.3. The van der Waals surface area contributed by atoms with E-state index in [-0.39, 0.29) is 5.92 Å². The third kappa shape index (κ3) is 3.44. The topological polar surface area (TPSA) is 66.2 Å². The lowest BCUT2D eigenvalue weighted by Crippen LogP contribution is -2.41. The molecule has 2 atom stereocenters. The van der Waals surface area contributed by atoms with Crippen molar-refractivity contribution in [3.8, 4) is 0 Å². The third-order valence-corrected chi connectivity index (χ3v) is 5.37. The zero-order valence-electron chi connectivity index (χ0n) is 13.7. The van der Waals surface area contributed by atoms with Crippen LogP contribution in [0.2, 0.25) is 0 Å². The summed E-state index contributed by atoms with van der Waals surface area (Å²) in [5, 5.41) is 9.92. The molecule has 0 bridgehead atoms. The molecule has 0 saturated carbocycles. The summed E-state index contributed by atoms with van der Waals surface area (Å²) in [6.07, 6.45) is 5.16. The number of methoxy groups -OCH3 is 1. The molecule has 3 rings (SSSR count). The molecule has 2 aliphatic heterocycles. The summed E-state index contributed by atoms with van der Waals surface area (Å²) in [4.78, 5) is 16.7. The van der Waals surface area contributed by atoms with Crippen molar-refractivity contribution in [1.29, 1.82) is 0 Å². The van der Waals surface area contributed by atoms with Crippen LogP contribution in [-0.2, 0) is 16.1 Å². The van der Waals surface area contributed by atoms with Crippen molar-refractivity contribution in [2.45, 2.75) is 19.4 Å². The fraction of sp³-hybridized carbons (Fsp3) is 0.706. The van der Waals surface area contributed by atoms with E-state index in [0.29, 0.717) is 13.2 Å². The Balaban J connectivity index is 1.71. The average Bonchev–Trinajstić information content (AvgIpc) is 3.11.